The number of carbonyl (C=O) groups is 1. The maximum absolute atomic E-state index is 12.0. The van der Waals surface area contributed by atoms with Crippen molar-refractivity contribution in [1.82, 2.24) is 0 Å². The Hall–Kier alpha value is 0.0400. The van der Waals surface area contributed by atoms with E-state index < -0.39 is 17.3 Å². The fourth-order valence-electron chi connectivity index (χ4n) is 3.79. The Balaban J connectivity index is 1.96. The molecule has 3 rings (SSSR count). The predicted molar refractivity (Wildman–Crippen MR) is 76.3 cm³/mol. The van der Waals surface area contributed by atoms with Crippen LogP contribution in [0, 0.1) is 5.41 Å². The Morgan fingerprint density at radius 2 is 2.05 bits per heavy atom. The third-order valence-electron chi connectivity index (χ3n) is 4.62. The van der Waals surface area contributed by atoms with Gasteiger partial charge in [0.2, 0.25) is 0 Å². The van der Waals surface area contributed by atoms with Crippen LogP contribution < -0.4 is 0 Å². The van der Waals surface area contributed by atoms with E-state index in [9.17, 15) is 9.90 Å². The van der Waals surface area contributed by atoms with Crippen molar-refractivity contribution in [2.75, 3.05) is 19.8 Å². The van der Waals surface area contributed by atoms with Gasteiger partial charge in [0, 0.05) is 11.8 Å². The Morgan fingerprint density at radius 1 is 1.35 bits per heavy atom. The molecule has 2 bridgehead atoms. The average Bonchev–Trinajstić information content (AvgIpc) is 2.86. The van der Waals surface area contributed by atoms with Crippen molar-refractivity contribution in [3.8, 4) is 0 Å². The van der Waals surface area contributed by atoms with E-state index in [0.717, 1.165) is 0 Å². The first kappa shape index (κ1) is 15.0. The van der Waals surface area contributed by atoms with E-state index >= 15 is 0 Å². The van der Waals surface area contributed by atoms with E-state index in [-0.39, 0.29) is 29.0 Å². The van der Waals surface area contributed by atoms with Gasteiger partial charge in [-0.05, 0) is 12.8 Å². The summed E-state index contributed by atoms with van der Waals surface area (Å²) < 4.78 is 17.4. The lowest BCUT2D eigenvalue weighted by Crippen LogP contribution is -2.63. The maximum Gasteiger partial charge on any atom is 0.306 e. The number of aliphatic hydroxyl groups excluding tert-OH is 2. The summed E-state index contributed by atoms with van der Waals surface area (Å²) in [5.41, 5.74) is -0.604. The van der Waals surface area contributed by atoms with Crippen LogP contribution in [0.25, 0.3) is 0 Å². The molecule has 0 amide bonds. The van der Waals surface area contributed by atoms with E-state index in [1.807, 2.05) is 0 Å². The van der Waals surface area contributed by atoms with Gasteiger partial charge in [0.15, 0.2) is 5.79 Å². The molecule has 4 unspecified atom stereocenters. The molecule has 20 heavy (non-hydrogen) atoms. The van der Waals surface area contributed by atoms with Crippen LogP contribution in [-0.2, 0) is 19.0 Å². The smallest absolute Gasteiger partial charge is 0.306 e. The van der Waals surface area contributed by atoms with Gasteiger partial charge in [-0.3, -0.25) is 4.79 Å². The van der Waals surface area contributed by atoms with Crippen LogP contribution in [0.15, 0.2) is 0 Å². The summed E-state index contributed by atoms with van der Waals surface area (Å²) in [6.45, 7) is 0.672. The lowest BCUT2D eigenvalue weighted by atomic mass is 9.62. The second-order valence-electron chi connectivity index (χ2n) is 5.90. The van der Waals surface area contributed by atoms with Gasteiger partial charge in [0.05, 0.1) is 36.3 Å². The van der Waals surface area contributed by atoms with E-state index in [0.29, 0.717) is 32.5 Å². The number of carbonyl (C=O) groups excluding carboxylic acids is 1. The molecule has 2 saturated heterocycles. The zero-order valence-corrected chi connectivity index (χ0v) is 13.2. The number of hydrogen-bond donors (Lipinski definition) is 2. The lowest BCUT2D eigenvalue weighted by Gasteiger charge is -2.55. The maximum atomic E-state index is 12.0. The van der Waals surface area contributed by atoms with Crippen LogP contribution >= 0.6 is 22.6 Å². The quantitative estimate of drug-likeness (QED) is 0.406. The standard InChI is InChI=1S/C13H19IO6/c14-9-4-13(18-1-2-19-13)12(3-8(16)7-15)5-10(9)20-11(17)6-12/h8-10,15-16H,1-7H2. The minimum Gasteiger partial charge on any atom is -0.461 e. The second kappa shape index (κ2) is 5.35. The van der Waals surface area contributed by atoms with Crippen LogP contribution in [0.5, 0.6) is 0 Å². The monoisotopic (exact) mass is 398 g/mol. The molecule has 1 spiro atoms. The lowest BCUT2D eigenvalue weighted by molar-refractivity contribution is -0.288. The summed E-state index contributed by atoms with van der Waals surface area (Å²) >= 11 is 2.27. The minimum absolute atomic E-state index is 0.134. The molecular weight excluding hydrogens is 379 g/mol. The highest BCUT2D eigenvalue weighted by atomic mass is 127. The van der Waals surface area contributed by atoms with Crippen LogP contribution in [-0.4, -0.2) is 57.9 Å². The van der Waals surface area contributed by atoms with Crippen LogP contribution in [0.4, 0.5) is 0 Å². The highest BCUT2D eigenvalue weighted by Crippen LogP contribution is 2.58. The van der Waals surface area contributed by atoms with Crippen molar-refractivity contribution in [1.29, 1.82) is 0 Å². The molecule has 1 saturated carbocycles. The first-order valence-corrected chi connectivity index (χ1v) is 8.15. The molecule has 7 heteroatoms. The molecule has 2 heterocycles. The highest BCUT2D eigenvalue weighted by Gasteiger charge is 2.64. The third-order valence-corrected chi connectivity index (χ3v) is 5.87. The molecule has 2 aliphatic heterocycles. The molecule has 2 N–H and O–H groups in total. The van der Waals surface area contributed by atoms with Crippen molar-refractivity contribution in [2.45, 2.75) is 47.6 Å². The molecule has 0 aromatic rings. The summed E-state index contributed by atoms with van der Waals surface area (Å²) in [6.07, 6.45) is 0.674. The SMILES string of the molecule is O=C1CC2(CC(O)CO)CC(O1)C(I)CC21OCCO1. The van der Waals surface area contributed by atoms with Gasteiger partial charge in [-0.15, -0.1) is 0 Å². The topological polar surface area (TPSA) is 85.2 Å². The van der Waals surface area contributed by atoms with E-state index in [4.69, 9.17) is 19.3 Å². The molecule has 4 atom stereocenters. The largest absolute Gasteiger partial charge is 0.461 e. The fourth-order valence-corrected chi connectivity index (χ4v) is 4.77. The number of rotatable bonds is 3. The summed E-state index contributed by atoms with van der Waals surface area (Å²) in [5, 5.41) is 19.1. The number of esters is 1. The average molecular weight is 398 g/mol. The predicted octanol–water partition coefficient (Wildman–Crippen LogP) is 0.372. The van der Waals surface area contributed by atoms with Crippen LogP contribution in [0.2, 0.25) is 0 Å². The van der Waals surface area contributed by atoms with Crippen LogP contribution in [0.3, 0.4) is 0 Å². The summed E-state index contributed by atoms with van der Waals surface area (Å²) in [6, 6.07) is 0. The Morgan fingerprint density at radius 3 is 2.70 bits per heavy atom. The molecular formula is C13H19IO6. The van der Waals surface area contributed by atoms with E-state index in [1.54, 1.807) is 0 Å². The van der Waals surface area contributed by atoms with Gasteiger partial charge in [-0.25, -0.2) is 0 Å². The Kier molecular flexibility index (Phi) is 4.00. The Labute approximate surface area is 130 Å². The summed E-state index contributed by atoms with van der Waals surface area (Å²) in [7, 11) is 0. The second-order valence-corrected chi connectivity index (χ2v) is 7.50. The Bertz CT molecular complexity index is 392. The molecule has 0 aromatic carbocycles. The number of aliphatic hydroxyl groups is 2. The number of ether oxygens (including phenoxy) is 3. The molecule has 3 aliphatic rings. The number of alkyl halides is 1. The molecule has 1 aliphatic carbocycles. The molecule has 0 radical (unpaired) electrons. The first-order chi connectivity index (χ1) is 9.50. The van der Waals surface area contributed by atoms with Gasteiger partial charge < -0.3 is 24.4 Å². The van der Waals surface area contributed by atoms with Gasteiger partial charge >= 0.3 is 5.97 Å². The minimum atomic E-state index is -0.878. The number of hydrogen-bond acceptors (Lipinski definition) is 6. The van der Waals surface area contributed by atoms with Gasteiger partial charge in [0.1, 0.15) is 6.10 Å². The van der Waals surface area contributed by atoms with Gasteiger partial charge in [0.25, 0.3) is 0 Å². The summed E-state index contributed by atoms with van der Waals surface area (Å²) in [5.74, 6) is -1.10. The molecule has 3 fully saturated rings. The number of fused-ring (bicyclic) bond motifs is 3. The van der Waals surface area contributed by atoms with Crippen molar-refractivity contribution >= 4 is 28.6 Å². The third kappa shape index (κ3) is 2.27. The zero-order valence-electron chi connectivity index (χ0n) is 11.1. The normalized spacial score (nSPS) is 40.6. The van der Waals surface area contributed by atoms with E-state index in [2.05, 4.69) is 22.6 Å². The zero-order chi connectivity index (χ0) is 14.4. The summed E-state index contributed by atoms with van der Waals surface area (Å²) in [4.78, 5) is 12.0. The van der Waals surface area contributed by atoms with Gasteiger partial charge in [-0.2, -0.15) is 0 Å². The highest BCUT2D eigenvalue weighted by molar-refractivity contribution is 14.1. The molecule has 6 nitrogen and oxygen atoms in total. The van der Waals surface area contributed by atoms with Crippen molar-refractivity contribution in [3.63, 3.8) is 0 Å². The fraction of sp³-hybridized carbons (Fsp3) is 0.923. The van der Waals surface area contributed by atoms with Crippen molar-refractivity contribution in [3.05, 3.63) is 0 Å². The molecule has 0 aromatic heterocycles. The van der Waals surface area contributed by atoms with Crippen molar-refractivity contribution < 1.29 is 29.2 Å². The first-order valence-electron chi connectivity index (χ1n) is 6.91. The van der Waals surface area contributed by atoms with E-state index in [1.165, 1.54) is 0 Å². The van der Waals surface area contributed by atoms with Gasteiger partial charge in [-0.1, -0.05) is 22.6 Å². The van der Waals surface area contributed by atoms with Crippen molar-refractivity contribution in [2.24, 2.45) is 5.41 Å². The number of halogens is 1. The molecule has 114 valence electrons. The van der Waals surface area contributed by atoms with Crippen LogP contribution in [0.1, 0.15) is 25.7 Å².